The van der Waals surface area contributed by atoms with Crippen LogP contribution in [-0.2, 0) is 6.54 Å². The monoisotopic (exact) mass is 580 g/mol. The number of nitrogens with zero attached hydrogens (tertiary/aromatic N) is 2. The standard InChI is InChI=1S/C24H19F3N4O6S2/c1-12(16-11-38-21(20(16)32)13-3-5-14(6-4-13)36-24(25,26)27)29-30-23(34)18-8-7-17(39-18)22(33)28-10-15-9-19(35-2)31-37-15/h3-9,11,32H,10H2,1-2H3,(H,28,33)(H,30,34). The van der Waals surface area contributed by atoms with Crippen molar-refractivity contribution in [1.82, 2.24) is 15.9 Å². The highest BCUT2D eigenvalue weighted by Crippen LogP contribution is 2.39. The van der Waals surface area contributed by atoms with E-state index in [-0.39, 0.29) is 34.5 Å². The molecule has 0 fully saturated rings. The number of amides is 2. The van der Waals surface area contributed by atoms with E-state index in [4.69, 9.17) is 9.26 Å². The van der Waals surface area contributed by atoms with Crippen LogP contribution in [0.25, 0.3) is 10.4 Å². The molecule has 39 heavy (non-hydrogen) atoms. The SMILES string of the molecule is COc1cc(CNC(=O)c2ccc(C(=O)NN=C(C)c3csc(-c4ccc(OC(F)(F)F)cc4)c3O)s2)on1. The number of methoxy groups -OCH3 is 1. The van der Waals surface area contributed by atoms with E-state index in [1.807, 2.05) is 0 Å². The first-order chi connectivity index (χ1) is 18.5. The minimum Gasteiger partial charge on any atom is -0.506 e. The van der Waals surface area contributed by atoms with Crippen molar-refractivity contribution in [3.8, 4) is 27.8 Å². The summed E-state index contributed by atoms with van der Waals surface area (Å²) in [4.78, 5) is 25.9. The molecule has 4 rings (SSSR count). The zero-order chi connectivity index (χ0) is 28.2. The Kier molecular flexibility index (Phi) is 8.21. The molecule has 0 aliphatic rings. The van der Waals surface area contributed by atoms with Gasteiger partial charge in [-0.25, -0.2) is 5.43 Å². The summed E-state index contributed by atoms with van der Waals surface area (Å²) in [5, 5.41) is 22.6. The number of benzene rings is 1. The van der Waals surface area contributed by atoms with E-state index in [1.165, 1.54) is 37.4 Å². The van der Waals surface area contributed by atoms with Crippen LogP contribution in [0.4, 0.5) is 13.2 Å². The number of thiophene rings is 2. The third-order valence-corrected chi connectivity index (χ3v) is 7.15. The quantitative estimate of drug-likeness (QED) is 0.184. The van der Waals surface area contributed by atoms with Gasteiger partial charge in [0.15, 0.2) is 5.76 Å². The minimum atomic E-state index is -4.80. The van der Waals surface area contributed by atoms with Crippen molar-refractivity contribution < 1.29 is 41.9 Å². The first-order valence-corrected chi connectivity index (χ1v) is 12.6. The molecular weight excluding hydrogens is 561 g/mol. The first-order valence-electron chi connectivity index (χ1n) is 10.9. The molecule has 3 N–H and O–H groups in total. The van der Waals surface area contributed by atoms with Crippen LogP contribution in [0.1, 0.15) is 37.6 Å². The van der Waals surface area contributed by atoms with Crippen LogP contribution >= 0.6 is 22.7 Å². The van der Waals surface area contributed by atoms with E-state index in [2.05, 4.69) is 25.7 Å². The molecule has 15 heteroatoms. The molecule has 0 aliphatic carbocycles. The number of carbonyl (C=O) groups excluding carboxylic acids is 2. The third kappa shape index (κ3) is 6.94. The predicted octanol–water partition coefficient (Wildman–Crippen LogP) is 5.16. The van der Waals surface area contributed by atoms with Crippen molar-refractivity contribution in [2.24, 2.45) is 5.10 Å². The molecule has 4 aromatic rings. The molecule has 10 nitrogen and oxygen atoms in total. The second-order valence-electron chi connectivity index (χ2n) is 7.72. The molecule has 3 heterocycles. The maximum Gasteiger partial charge on any atom is 0.573 e. The lowest BCUT2D eigenvalue weighted by Crippen LogP contribution is -2.21. The highest BCUT2D eigenvalue weighted by molar-refractivity contribution is 7.16. The van der Waals surface area contributed by atoms with E-state index in [9.17, 15) is 27.9 Å². The van der Waals surface area contributed by atoms with E-state index in [1.54, 1.807) is 12.3 Å². The molecule has 0 unspecified atom stereocenters. The summed E-state index contributed by atoms with van der Waals surface area (Å²) in [5.41, 5.74) is 3.48. The van der Waals surface area contributed by atoms with E-state index in [0.29, 0.717) is 26.6 Å². The lowest BCUT2D eigenvalue weighted by atomic mass is 10.1. The van der Waals surface area contributed by atoms with Gasteiger partial charge < -0.3 is 24.4 Å². The zero-order valence-electron chi connectivity index (χ0n) is 20.2. The number of hydrogen-bond acceptors (Lipinski definition) is 10. The summed E-state index contributed by atoms with van der Waals surface area (Å²) in [6, 6.07) is 9.56. The molecule has 0 spiro atoms. The Bertz CT molecular complexity index is 1510. The number of rotatable bonds is 9. The van der Waals surface area contributed by atoms with E-state index >= 15 is 0 Å². The summed E-state index contributed by atoms with van der Waals surface area (Å²) >= 11 is 2.11. The van der Waals surface area contributed by atoms with Gasteiger partial charge in [0.25, 0.3) is 17.7 Å². The number of nitrogens with one attached hydrogen (secondary N) is 2. The normalized spacial score (nSPS) is 11.8. The average molecular weight is 581 g/mol. The number of alkyl halides is 3. The highest BCUT2D eigenvalue weighted by atomic mass is 32.1. The van der Waals surface area contributed by atoms with Crippen LogP contribution in [0.2, 0.25) is 0 Å². The molecule has 0 saturated carbocycles. The summed E-state index contributed by atoms with van der Waals surface area (Å²) < 4.78 is 50.9. The fourth-order valence-corrected chi connectivity index (χ4v) is 5.01. The summed E-state index contributed by atoms with van der Waals surface area (Å²) in [7, 11) is 1.44. The van der Waals surface area contributed by atoms with Gasteiger partial charge in [-0.2, -0.15) is 5.10 Å². The van der Waals surface area contributed by atoms with Gasteiger partial charge in [0.1, 0.15) is 11.5 Å². The number of hydrazone groups is 1. The maximum absolute atomic E-state index is 12.5. The van der Waals surface area contributed by atoms with Crippen LogP contribution in [0, 0.1) is 0 Å². The Morgan fingerprint density at radius 3 is 2.46 bits per heavy atom. The molecular formula is C24H19F3N4O6S2. The number of aromatic nitrogens is 1. The topological polar surface area (TPSA) is 135 Å². The lowest BCUT2D eigenvalue weighted by molar-refractivity contribution is -0.274. The maximum atomic E-state index is 12.5. The Balaban J connectivity index is 1.36. The molecule has 0 saturated heterocycles. The molecule has 2 amide bonds. The fraction of sp³-hybridized carbons (Fsp3) is 0.167. The Hall–Kier alpha value is -4.37. The van der Waals surface area contributed by atoms with E-state index < -0.39 is 18.2 Å². The van der Waals surface area contributed by atoms with Crippen LogP contribution in [0.3, 0.4) is 0 Å². The number of halogens is 3. The van der Waals surface area contributed by atoms with Crippen molar-refractivity contribution in [3.05, 3.63) is 68.9 Å². The predicted molar refractivity (Wildman–Crippen MR) is 136 cm³/mol. The molecule has 0 bridgehead atoms. The molecule has 0 aliphatic heterocycles. The van der Waals surface area contributed by atoms with Crippen LogP contribution in [0.15, 0.2) is 57.5 Å². The molecule has 204 valence electrons. The van der Waals surface area contributed by atoms with Gasteiger partial charge in [-0.05, 0) is 54.0 Å². The smallest absolute Gasteiger partial charge is 0.506 e. The van der Waals surface area contributed by atoms with Crippen LogP contribution in [-0.4, -0.2) is 41.3 Å². The van der Waals surface area contributed by atoms with Crippen molar-refractivity contribution in [2.75, 3.05) is 7.11 Å². The van der Waals surface area contributed by atoms with Gasteiger partial charge >= 0.3 is 6.36 Å². The molecule has 1 aromatic carbocycles. The Morgan fingerprint density at radius 2 is 1.82 bits per heavy atom. The number of ether oxygens (including phenoxy) is 2. The van der Waals surface area contributed by atoms with Crippen molar-refractivity contribution in [1.29, 1.82) is 0 Å². The fourth-order valence-electron chi connectivity index (χ4n) is 3.18. The lowest BCUT2D eigenvalue weighted by Gasteiger charge is -2.09. The van der Waals surface area contributed by atoms with Gasteiger partial charge in [-0.3, -0.25) is 9.59 Å². The minimum absolute atomic E-state index is 0.0791. The zero-order valence-corrected chi connectivity index (χ0v) is 21.8. The average Bonchev–Trinajstić information content (AvgIpc) is 3.65. The van der Waals surface area contributed by atoms with Gasteiger partial charge in [0.2, 0.25) is 0 Å². The number of carbonyl (C=O) groups is 2. The van der Waals surface area contributed by atoms with Crippen molar-refractivity contribution in [3.63, 3.8) is 0 Å². The van der Waals surface area contributed by atoms with Gasteiger partial charge in [-0.15, -0.1) is 35.8 Å². The van der Waals surface area contributed by atoms with Gasteiger partial charge in [-0.1, -0.05) is 0 Å². The van der Waals surface area contributed by atoms with Crippen molar-refractivity contribution in [2.45, 2.75) is 19.8 Å². The Labute approximate surface area is 226 Å². The summed E-state index contributed by atoms with van der Waals surface area (Å²) in [6.07, 6.45) is -4.80. The highest BCUT2D eigenvalue weighted by Gasteiger charge is 2.31. The first kappa shape index (κ1) is 27.7. The van der Waals surface area contributed by atoms with E-state index in [0.717, 1.165) is 34.8 Å². The van der Waals surface area contributed by atoms with Crippen LogP contribution < -0.4 is 20.2 Å². The third-order valence-electron chi connectivity index (χ3n) is 5.05. The molecule has 3 aromatic heterocycles. The number of hydrogen-bond donors (Lipinski definition) is 3. The molecule has 0 atom stereocenters. The Morgan fingerprint density at radius 1 is 1.13 bits per heavy atom. The summed E-state index contributed by atoms with van der Waals surface area (Å²) in [6.45, 7) is 1.65. The number of aromatic hydroxyl groups is 1. The second-order valence-corrected chi connectivity index (χ2v) is 9.68. The van der Waals surface area contributed by atoms with Crippen LogP contribution in [0.5, 0.6) is 17.4 Å². The van der Waals surface area contributed by atoms with Crippen molar-refractivity contribution >= 4 is 40.2 Å². The van der Waals surface area contributed by atoms with Gasteiger partial charge in [0, 0.05) is 11.4 Å². The summed E-state index contributed by atoms with van der Waals surface area (Å²) in [5.74, 6) is -0.818. The second kappa shape index (κ2) is 11.6. The molecule has 0 radical (unpaired) electrons. The largest absolute Gasteiger partial charge is 0.573 e. The van der Waals surface area contributed by atoms with Gasteiger partial charge in [0.05, 0.1) is 39.6 Å².